The molecule has 1 saturated heterocycles. The molecule has 0 radical (unpaired) electrons. The minimum atomic E-state index is -3.38. The molecule has 1 unspecified atom stereocenters. The van der Waals surface area contributed by atoms with Crippen LogP contribution in [0.2, 0.25) is 0 Å². The number of hydrogen-bond acceptors (Lipinski definition) is 6. The number of nitrogens with one attached hydrogen (secondary N) is 1. The zero-order chi connectivity index (χ0) is 15.0. The lowest BCUT2D eigenvalue weighted by atomic mass is 10.1. The fourth-order valence-corrected chi connectivity index (χ4v) is 4.33. The van der Waals surface area contributed by atoms with Gasteiger partial charge in [0.25, 0.3) is 0 Å². The first-order chi connectivity index (χ1) is 9.97. The number of anilines is 2. The maximum Gasteiger partial charge on any atom is 0.242 e. The Kier molecular flexibility index (Phi) is 3.40. The molecule has 0 spiro atoms. The SMILES string of the molecule is Nc1cc2c(cc1NC(=O)C1CCCCS1(=O)=O)OCO2. The summed E-state index contributed by atoms with van der Waals surface area (Å²) in [6.45, 7) is 0.100. The van der Waals surface area contributed by atoms with Crippen molar-refractivity contribution >= 4 is 27.1 Å². The third-order valence-corrected chi connectivity index (χ3v) is 5.85. The Labute approximate surface area is 122 Å². The van der Waals surface area contributed by atoms with Crippen LogP contribution >= 0.6 is 0 Å². The van der Waals surface area contributed by atoms with Gasteiger partial charge in [-0.2, -0.15) is 0 Å². The maximum atomic E-state index is 12.2. The van der Waals surface area contributed by atoms with E-state index in [9.17, 15) is 13.2 Å². The monoisotopic (exact) mass is 312 g/mol. The minimum absolute atomic E-state index is 0.0572. The Balaban J connectivity index is 1.82. The van der Waals surface area contributed by atoms with E-state index in [-0.39, 0.29) is 12.5 Å². The molecule has 0 aromatic heterocycles. The van der Waals surface area contributed by atoms with Gasteiger partial charge in [0.15, 0.2) is 21.3 Å². The van der Waals surface area contributed by atoms with Gasteiger partial charge in [0.2, 0.25) is 12.7 Å². The number of benzene rings is 1. The zero-order valence-corrected chi connectivity index (χ0v) is 12.1. The van der Waals surface area contributed by atoms with E-state index in [2.05, 4.69) is 5.32 Å². The van der Waals surface area contributed by atoms with E-state index in [1.165, 1.54) is 0 Å². The van der Waals surface area contributed by atoms with E-state index >= 15 is 0 Å². The third kappa shape index (κ3) is 2.63. The molecule has 3 rings (SSSR count). The lowest BCUT2D eigenvalue weighted by Crippen LogP contribution is -2.39. The predicted octanol–water partition coefficient (Wildman–Crippen LogP) is 0.903. The number of sulfone groups is 1. The zero-order valence-electron chi connectivity index (χ0n) is 11.3. The Hall–Kier alpha value is -1.96. The second-order valence-electron chi connectivity index (χ2n) is 5.13. The predicted molar refractivity (Wildman–Crippen MR) is 77.0 cm³/mol. The molecule has 2 aliphatic rings. The van der Waals surface area contributed by atoms with Crippen molar-refractivity contribution in [3.8, 4) is 11.5 Å². The van der Waals surface area contributed by atoms with Crippen LogP contribution in [0.4, 0.5) is 11.4 Å². The van der Waals surface area contributed by atoms with E-state index in [1.54, 1.807) is 12.1 Å². The van der Waals surface area contributed by atoms with Crippen LogP contribution in [0, 0.1) is 0 Å². The van der Waals surface area contributed by atoms with Gasteiger partial charge in [-0.1, -0.05) is 6.42 Å². The smallest absolute Gasteiger partial charge is 0.242 e. The summed E-state index contributed by atoms with van der Waals surface area (Å²) in [5.41, 5.74) is 6.48. The number of carbonyl (C=O) groups excluding carboxylic acids is 1. The van der Waals surface area contributed by atoms with Gasteiger partial charge in [0, 0.05) is 12.1 Å². The first-order valence-electron chi connectivity index (χ1n) is 6.69. The number of amides is 1. The summed E-state index contributed by atoms with van der Waals surface area (Å²) in [5.74, 6) is 0.504. The lowest BCUT2D eigenvalue weighted by molar-refractivity contribution is -0.116. The van der Waals surface area contributed by atoms with Gasteiger partial charge >= 0.3 is 0 Å². The van der Waals surface area contributed by atoms with Crippen LogP contribution in [0.1, 0.15) is 19.3 Å². The molecule has 21 heavy (non-hydrogen) atoms. The normalized spacial score (nSPS) is 22.8. The topological polar surface area (TPSA) is 108 Å². The van der Waals surface area contributed by atoms with E-state index in [1.807, 2.05) is 0 Å². The van der Waals surface area contributed by atoms with E-state index in [0.717, 1.165) is 6.42 Å². The molecular weight excluding hydrogens is 296 g/mol. The molecule has 0 aliphatic carbocycles. The highest BCUT2D eigenvalue weighted by Crippen LogP contribution is 2.38. The highest BCUT2D eigenvalue weighted by atomic mass is 32.2. The van der Waals surface area contributed by atoms with Gasteiger partial charge in [-0.05, 0) is 12.8 Å². The lowest BCUT2D eigenvalue weighted by Gasteiger charge is -2.21. The molecular formula is C13H16N2O5S. The average molecular weight is 312 g/mol. The summed E-state index contributed by atoms with van der Waals surface area (Å²) in [6, 6.07) is 3.10. The first-order valence-corrected chi connectivity index (χ1v) is 8.40. The quantitative estimate of drug-likeness (QED) is 0.786. The van der Waals surface area contributed by atoms with Crippen molar-refractivity contribution in [2.24, 2.45) is 0 Å². The number of ether oxygens (including phenoxy) is 2. The molecule has 2 aliphatic heterocycles. The van der Waals surface area contributed by atoms with Crippen molar-refractivity contribution < 1.29 is 22.7 Å². The molecule has 1 atom stereocenters. The molecule has 1 aromatic carbocycles. The van der Waals surface area contributed by atoms with Crippen LogP contribution in [-0.4, -0.2) is 32.1 Å². The molecule has 0 bridgehead atoms. The number of nitrogen functional groups attached to an aromatic ring is 1. The van der Waals surface area contributed by atoms with Crippen molar-refractivity contribution in [3.05, 3.63) is 12.1 Å². The van der Waals surface area contributed by atoms with Crippen LogP contribution in [0.5, 0.6) is 11.5 Å². The summed E-state index contributed by atoms with van der Waals surface area (Å²) >= 11 is 0. The van der Waals surface area contributed by atoms with Crippen LogP contribution in [-0.2, 0) is 14.6 Å². The minimum Gasteiger partial charge on any atom is -0.454 e. The first kappa shape index (κ1) is 14.0. The molecule has 1 fully saturated rings. The van der Waals surface area contributed by atoms with Crippen molar-refractivity contribution in [2.45, 2.75) is 24.5 Å². The number of fused-ring (bicyclic) bond motifs is 1. The van der Waals surface area contributed by atoms with Gasteiger partial charge in [-0.15, -0.1) is 0 Å². The Morgan fingerprint density at radius 1 is 1.24 bits per heavy atom. The molecule has 8 heteroatoms. The van der Waals surface area contributed by atoms with E-state index < -0.39 is 21.0 Å². The molecule has 3 N–H and O–H groups in total. The van der Waals surface area contributed by atoms with Crippen LogP contribution in [0.25, 0.3) is 0 Å². The van der Waals surface area contributed by atoms with E-state index in [0.29, 0.717) is 35.7 Å². The summed E-state index contributed by atoms with van der Waals surface area (Å²) in [4.78, 5) is 12.2. The van der Waals surface area contributed by atoms with Crippen molar-refractivity contribution in [1.82, 2.24) is 0 Å². The number of rotatable bonds is 2. The molecule has 114 valence electrons. The summed E-state index contributed by atoms with van der Waals surface area (Å²) < 4.78 is 34.3. The second kappa shape index (κ2) is 5.10. The number of nitrogens with two attached hydrogens (primary N) is 1. The largest absolute Gasteiger partial charge is 0.454 e. The fraction of sp³-hybridized carbons (Fsp3) is 0.462. The summed E-state index contributed by atoms with van der Waals surface area (Å²) in [6.07, 6.45) is 1.69. The molecule has 7 nitrogen and oxygen atoms in total. The standard InChI is InChI=1S/C13H16N2O5S/c14-8-5-10-11(20-7-19-10)6-9(8)15-13(16)12-3-1-2-4-21(12,17)18/h5-6,12H,1-4,7,14H2,(H,15,16). The van der Waals surface area contributed by atoms with Gasteiger partial charge in [0.1, 0.15) is 5.25 Å². The fourth-order valence-electron chi connectivity index (χ4n) is 2.53. The van der Waals surface area contributed by atoms with Gasteiger partial charge in [-0.3, -0.25) is 4.79 Å². The number of hydrogen-bond donors (Lipinski definition) is 2. The van der Waals surface area contributed by atoms with E-state index in [4.69, 9.17) is 15.2 Å². The van der Waals surface area contributed by atoms with Gasteiger partial charge < -0.3 is 20.5 Å². The Bertz CT molecular complexity index is 686. The average Bonchev–Trinajstić information content (AvgIpc) is 2.85. The van der Waals surface area contributed by atoms with Gasteiger partial charge in [0.05, 0.1) is 17.1 Å². The van der Waals surface area contributed by atoms with Crippen molar-refractivity contribution in [1.29, 1.82) is 0 Å². The van der Waals surface area contributed by atoms with Crippen LogP contribution in [0.15, 0.2) is 12.1 Å². The highest BCUT2D eigenvalue weighted by molar-refractivity contribution is 7.92. The van der Waals surface area contributed by atoms with Crippen molar-refractivity contribution in [2.75, 3.05) is 23.6 Å². The Morgan fingerprint density at radius 2 is 1.95 bits per heavy atom. The third-order valence-electron chi connectivity index (χ3n) is 3.67. The van der Waals surface area contributed by atoms with Crippen molar-refractivity contribution in [3.63, 3.8) is 0 Å². The van der Waals surface area contributed by atoms with Gasteiger partial charge in [-0.25, -0.2) is 8.42 Å². The molecule has 1 aromatic rings. The Morgan fingerprint density at radius 3 is 2.67 bits per heavy atom. The summed E-state index contributed by atoms with van der Waals surface area (Å²) in [5, 5.41) is 1.58. The van der Waals surface area contributed by atoms with Crippen LogP contribution in [0.3, 0.4) is 0 Å². The highest BCUT2D eigenvalue weighted by Gasteiger charge is 2.35. The molecule has 1 amide bonds. The maximum absolute atomic E-state index is 12.2. The number of carbonyl (C=O) groups is 1. The molecule has 2 heterocycles. The molecule has 0 saturated carbocycles. The summed E-state index contributed by atoms with van der Waals surface area (Å²) in [7, 11) is -3.38. The second-order valence-corrected chi connectivity index (χ2v) is 7.44. The van der Waals surface area contributed by atoms with Crippen LogP contribution < -0.4 is 20.5 Å².